The molecule has 196 valence electrons. The summed E-state index contributed by atoms with van der Waals surface area (Å²) >= 11 is 0. The monoisotopic (exact) mass is 504 g/mol. The summed E-state index contributed by atoms with van der Waals surface area (Å²) in [7, 11) is 0. The van der Waals surface area contributed by atoms with Crippen molar-refractivity contribution in [2.75, 3.05) is 13.2 Å². The van der Waals surface area contributed by atoms with Crippen LogP contribution in [0.25, 0.3) is 0 Å². The van der Waals surface area contributed by atoms with Gasteiger partial charge in [-0.1, -0.05) is 82.3 Å². The summed E-state index contributed by atoms with van der Waals surface area (Å²) in [6.07, 6.45) is 1.13. The molecule has 1 atom stereocenters. The van der Waals surface area contributed by atoms with Gasteiger partial charge in [0, 0.05) is 19.5 Å². The number of ether oxygens (including phenoxy) is 1. The van der Waals surface area contributed by atoms with Crippen LogP contribution in [0.1, 0.15) is 50.8 Å². The molecule has 37 heavy (non-hydrogen) atoms. The third-order valence-corrected chi connectivity index (χ3v) is 6.17. The summed E-state index contributed by atoms with van der Waals surface area (Å²) in [6.45, 7) is 8.83. The smallest absolute Gasteiger partial charge is 0.261 e. The van der Waals surface area contributed by atoms with E-state index in [1.165, 1.54) is 22.6 Å². The standard InChI is InChI=1S/C31H37FN2O3/c1-5-19-33-30(36)28(20-23-9-7-6-8-10-23)34(21-24-11-15-26(32)16-12-24)29(35)22-37-27-17-13-25(14-18-27)31(2,3)4/h6-18,28H,5,19-22H2,1-4H3,(H,33,36)/t28-/m0/s1. The van der Waals surface area contributed by atoms with Gasteiger partial charge in [0.1, 0.15) is 17.6 Å². The Morgan fingerprint density at radius 2 is 1.57 bits per heavy atom. The largest absolute Gasteiger partial charge is 0.484 e. The molecule has 0 saturated carbocycles. The Morgan fingerprint density at radius 3 is 2.16 bits per heavy atom. The molecule has 3 aromatic carbocycles. The van der Waals surface area contributed by atoms with Gasteiger partial charge in [0.15, 0.2) is 6.61 Å². The Bertz CT molecular complexity index is 1140. The molecule has 1 N–H and O–H groups in total. The fourth-order valence-corrected chi connectivity index (χ4v) is 3.99. The number of benzene rings is 3. The third-order valence-electron chi connectivity index (χ3n) is 6.17. The summed E-state index contributed by atoms with van der Waals surface area (Å²) in [4.78, 5) is 28.4. The maximum atomic E-state index is 13.6. The Labute approximate surface area is 219 Å². The second-order valence-corrected chi connectivity index (χ2v) is 10.2. The van der Waals surface area contributed by atoms with E-state index in [1.54, 1.807) is 12.1 Å². The van der Waals surface area contributed by atoms with E-state index in [0.717, 1.165) is 17.5 Å². The van der Waals surface area contributed by atoms with Crippen molar-refractivity contribution < 1.29 is 18.7 Å². The molecule has 0 heterocycles. The second kappa shape index (κ2) is 13.0. The average molecular weight is 505 g/mol. The van der Waals surface area contributed by atoms with Crippen molar-refractivity contribution in [2.24, 2.45) is 0 Å². The van der Waals surface area contributed by atoms with Crippen molar-refractivity contribution in [1.29, 1.82) is 0 Å². The highest BCUT2D eigenvalue weighted by Gasteiger charge is 2.30. The summed E-state index contributed by atoms with van der Waals surface area (Å²) in [5.41, 5.74) is 2.84. The zero-order chi connectivity index (χ0) is 26.8. The summed E-state index contributed by atoms with van der Waals surface area (Å²) in [5, 5.41) is 2.94. The predicted octanol–water partition coefficient (Wildman–Crippen LogP) is 5.67. The number of rotatable bonds is 11. The zero-order valence-corrected chi connectivity index (χ0v) is 22.2. The van der Waals surface area contributed by atoms with Gasteiger partial charge in [-0.2, -0.15) is 0 Å². The Hall–Kier alpha value is -3.67. The van der Waals surface area contributed by atoms with Gasteiger partial charge >= 0.3 is 0 Å². The first-order chi connectivity index (χ1) is 17.7. The highest BCUT2D eigenvalue weighted by molar-refractivity contribution is 5.88. The van der Waals surface area contributed by atoms with E-state index in [1.807, 2.05) is 61.5 Å². The minimum absolute atomic E-state index is 0.0107. The number of hydrogen-bond donors (Lipinski definition) is 1. The lowest BCUT2D eigenvalue weighted by molar-refractivity contribution is -0.142. The average Bonchev–Trinajstić information content (AvgIpc) is 2.89. The molecule has 5 nitrogen and oxygen atoms in total. The molecule has 3 rings (SSSR count). The van der Waals surface area contributed by atoms with E-state index in [0.29, 0.717) is 18.7 Å². The number of hydrogen-bond acceptors (Lipinski definition) is 3. The number of carbonyl (C=O) groups is 2. The fraction of sp³-hybridized carbons (Fsp3) is 0.355. The number of nitrogens with one attached hydrogen (secondary N) is 1. The van der Waals surface area contributed by atoms with Gasteiger partial charge in [-0.25, -0.2) is 4.39 Å². The van der Waals surface area contributed by atoms with Gasteiger partial charge in [-0.3, -0.25) is 9.59 Å². The van der Waals surface area contributed by atoms with Gasteiger partial charge in [0.2, 0.25) is 5.91 Å². The molecule has 6 heteroatoms. The molecular weight excluding hydrogens is 467 g/mol. The van der Waals surface area contributed by atoms with Crippen LogP contribution in [-0.4, -0.2) is 35.9 Å². The molecule has 0 radical (unpaired) electrons. The minimum atomic E-state index is -0.752. The molecule has 2 amide bonds. The predicted molar refractivity (Wildman–Crippen MR) is 145 cm³/mol. The van der Waals surface area contributed by atoms with Crippen LogP contribution in [0.5, 0.6) is 5.75 Å². The Kier molecular flexibility index (Phi) is 9.84. The van der Waals surface area contributed by atoms with E-state index >= 15 is 0 Å². The van der Waals surface area contributed by atoms with Crippen LogP contribution in [0, 0.1) is 5.82 Å². The van der Waals surface area contributed by atoms with Crippen LogP contribution >= 0.6 is 0 Å². The molecule has 3 aromatic rings. The maximum absolute atomic E-state index is 13.6. The number of halogens is 1. The second-order valence-electron chi connectivity index (χ2n) is 10.2. The molecule has 0 bridgehead atoms. The molecule has 0 spiro atoms. The van der Waals surface area contributed by atoms with Gasteiger partial charge in [-0.15, -0.1) is 0 Å². The normalized spacial score (nSPS) is 12.0. The highest BCUT2D eigenvalue weighted by atomic mass is 19.1. The van der Waals surface area contributed by atoms with E-state index in [-0.39, 0.29) is 36.2 Å². The Morgan fingerprint density at radius 1 is 0.919 bits per heavy atom. The third kappa shape index (κ3) is 8.45. The molecule has 0 unspecified atom stereocenters. The van der Waals surface area contributed by atoms with Gasteiger partial charge in [-0.05, 0) is 52.8 Å². The maximum Gasteiger partial charge on any atom is 0.261 e. The summed E-state index contributed by atoms with van der Waals surface area (Å²) in [5.74, 6) is -0.323. The number of amides is 2. The van der Waals surface area contributed by atoms with E-state index in [4.69, 9.17) is 4.74 Å². The van der Waals surface area contributed by atoms with Crippen LogP contribution in [0.2, 0.25) is 0 Å². The van der Waals surface area contributed by atoms with Gasteiger partial charge in [0.05, 0.1) is 0 Å². The summed E-state index contributed by atoms with van der Waals surface area (Å²) < 4.78 is 19.4. The molecule has 0 saturated heterocycles. The molecule has 0 aliphatic heterocycles. The highest BCUT2D eigenvalue weighted by Crippen LogP contribution is 2.24. The van der Waals surface area contributed by atoms with Crippen LogP contribution in [0.15, 0.2) is 78.9 Å². The van der Waals surface area contributed by atoms with Crippen molar-refractivity contribution in [3.05, 3.63) is 101 Å². The van der Waals surface area contributed by atoms with Crippen molar-refractivity contribution in [2.45, 2.75) is 58.5 Å². The van der Waals surface area contributed by atoms with E-state index in [2.05, 4.69) is 26.1 Å². The minimum Gasteiger partial charge on any atom is -0.484 e. The van der Waals surface area contributed by atoms with Crippen molar-refractivity contribution in [1.82, 2.24) is 10.2 Å². The van der Waals surface area contributed by atoms with Crippen molar-refractivity contribution in [3.63, 3.8) is 0 Å². The van der Waals surface area contributed by atoms with Gasteiger partial charge < -0.3 is 15.0 Å². The lowest BCUT2D eigenvalue weighted by Gasteiger charge is -2.31. The van der Waals surface area contributed by atoms with Gasteiger partial charge in [0.25, 0.3) is 5.91 Å². The number of carbonyl (C=O) groups excluding carboxylic acids is 2. The quantitative estimate of drug-likeness (QED) is 0.366. The fourth-order valence-electron chi connectivity index (χ4n) is 3.99. The van der Waals surface area contributed by atoms with Crippen LogP contribution in [-0.2, 0) is 28.0 Å². The van der Waals surface area contributed by atoms with E-state index < -0.39 is 6.04 Å². The lowest BCUT2D eigenvalue weighted by Crippen LogP contribution is -2.51. The molecule has 0 aromatic heterocycles. The topological polar surface area (TPSA) is 58.6 Å². The molecule has 0 aliphatic rings. The molecule has 0 fully saturated rings. The SMILES string of the molecule is CCCNC(=O)[C@H](Cc1ccccc1)N(Cc1ccc(F)cc1)C(=O)COc1ccc(C(C)(C)C)cc1. The Balaban J connectivity index is 1.85. The molecular formula is C31H37FN2O3. The molecule has 0 aliphatic carbocycles. The van der Waals surface area contributed by atoms with E-state index in [9.17, 15) is 14.0 Å². The van der Waals surface area contributed by atoms with Crippen molar-refractivity contribution in [3.8, 4) is 5.75 Å². The van der Waals surface area contributed by atoms with Crippen molar-refractivity contribution >= 4 is 11.8 Å². The van der Waals surface area contributed by atoms with Crippen LogP contribution in [0.3, 0.4) is 0 Å². The number of nitrogens with zero attached hydrogens (tertiary/aromatic N) is 1. The van der Waals surface area contributed by atoms with Crippen LogP contribution < -0.4 is 10.1 Å². The summed E-state index contributed by atoms with van der Waals surface area (Å²) in [6, 6.07) is 22.5. The lowest BCUT2D eigenvalue weighted by atomic mass is 9.87. The first-order valence-electron chi connectivity index (χ1n) is 12.8. The zero-order valence-electron chi connectivity index (χ0n) is 22.2. The van der Waals surface area contributed by atoms with Crippen LogP contribution in [0.4, 0.5) is 4.39 Å². The first kappa shape index (κ1) is 27.9. The first-order valence-corrected chi connectivity index (χ1v) is 12.8.